The number of rotatable bonds is 0. The summed E-state index contributed by atoms with van der Waals surface area (Å²) in [5, 5.41) is 0. The summed E-state index contributed by atoms with van der Waals surface area (Å²) in [6, 6.07) is 33.7. The van der Waals surface area contributed by atoms with Gasteiger partial charge in [-0.1, -0.05) is 48.5 Å². The summed E-state index contributed by atoms with van der Waals surface area (Å²) in [5.41, 5.74) is 13.6. The van der Waals surface area contributed by atoms with Crippen molar-refractivity contribution in [1.82, 2.24) is 19.9 Å². The van der Waals surface area contributed by atoms with Crippen molar-refractivity contribution >= 4 is 81.2 Å². The van der Waals surface area contributed by atoms with Gasteiger partial charge in [-0.2, -0.15) is 0 Å². The third-order valence-electron chi connectivity index (χ3n) is 6.75. The van der Waals surface area contributed by atoms with Crippen LogP contribution in [0.15, 0.2) is 97.1 Å². The van der Waals surface area contributed by atoms with Gasteiger partial charge < -0.3 is 9.97 Å². The van der Waals surface area contributed by atoms with Crippen molar-refractivity contribution in [3.05, 3.63) is 131 Å². The van der Waals surface area contributed by atoms with Crippen molar-refractivity contribution in [2.24, 2.45) is 0 Å². The van der Waals surface area contributed by atoms with Crippen LogP contribution in [0.2, 0.25) is 0 Å². The van der Waals surface area contributed by atoms with E-state index < -0.39 is 0 Å². The van der Waals surface area contributed by atoms with Gasteiger partial charge in [0.05, 0.1) is 22.8 Å². The fourth-order valence-corrected chi connectivity index (χ4v) is 5.02. The molecule has 4 nitrogen and oxygen atoms in total. The first-order chi connectivity index (χ1) is 18.2. The number of nitrogens with zero attached hydrogens (tertiary/aromatic N) is 2. The minimum atomic E-state index is 0. The van der Waals surface area contributed by atoms with Crippen LogP contribution in [-0.4, -0.2) is 54.8 Å². The molecular formula is C33H24N4SiSn. The predicted molar refractivity (Wildman–Crippen MR) is 165 cm³/mol. The number of fused-ring (bicyclic) bond motifs is 11. The first kappa shape index (κ1) is 26.7. The van der Waals surface area contributed by atoms with Crippen LogP contribution in [0.1, 0.15) is 33.9 Å². The summed E-state index contributed by atoms with van der Waals surface area (Å²) in [6.07, 6.45) is 9.15. The summed E-state index contributed by atoms with van der Waals surface area (Å²) >= 11 is 0. The average molecular weight is 623 g/mol. The van der Waals surface area contributed by atoms with Gasteiger partial charge in [-0.15, -0.1) is 0 Å². The zero-order valence-corrected chi connectivity index (χ0v) is 25.0. The minimum Gasteiger partial charge on any atom is -0.355 e. The topological polar surface area (TPSA) is 57.4 Å². The average Bonchev–Trinajstić information content (AvgIpc) is 3.73. The molecule has 8 radical (unpaired) electrons. The van der Waals surface area contributed by atoms with Gasteiger partial charge in [0.25, 0.3) is 0 Å². The Labute approximate surface area is 248 Å². The van der Waals surface area contributed by atoms with E-state index in [1.807, 2.05) is 42.5 Å². The molecule has 39 heavy (non-hydrogen) atoms. The van der Waals surface area contributed by atoms with Crippen LogP contribution in [0.25, 0.3) is 57.5 Å². The molecule has 3 aromatic heterocycles. The molecule has 5 heterocycles. The summed E-state index contributed by atoms with van der Waals surface area (Å²) in [4.78, 5) is 16.0. The van der Waals surface area contributed by atoms with Crippen LogP contribution >= 0.6 is 0 Å². The van der Waals surface area contributed by atoms with Crippen LogP contribution in [0.4, 0.5) is 0 Å². The maximum atomic E-state index is 4.62. The molecule has 2 N–H and O–H groups in total. The predicted octanol–water partition coefficient (Wildman–Crippen LogP) is 7.15. The van der Waals surface area contributed by atoms with Crippen molar-refractivity contribution in [1.29, 1.82) is 0 Å². The quantitative estimate of drug-likeness (QED) is 0.176. The first-order valence-corrected chi connectivity index (χ1v) is 12.5. The smallest absolute Gasteiger partial charge is 0.0659 e. The molecule has 8 bridgehead atoms. The molecule has 6 heteroatoms. The molecule has 0 saturated carbocycles. The van der Waals surface area contributed by atoms with Crippen molar-refractivity contribution < 1.29 is 0 Å². The Hall–Kier alpha value is -3.94. The molecule has 2 aromatic carbocycles. The van der Waals surface area contributed by atoms with E-state index in [-0.39, 0.29) is 34.9 Å². The summed E-state index contributed by atoms with van der Waals surface area (Å²) < 4.78 is 0. The molecule has 0 saturated heterocycles. The van der Waals surface area contributed by atoms with E-state index in [2.05, 4.69) is 98.8 Å². The summed E-state index contributed by atoms with van der Waals surface area (Å²) in [7, 11) is 0. The second-order valence-electron chi connectivity index (χ2n) is 9.40. The van der Waals surface area contributed by atoms with Gasteiger partial charge in [0, 0.05) is 56.9 Å². The largest absolute Gasteiger partial charge is 0.355 e. The van der Waals surface area contributed by atoms with Crippen molar-refractivity contribution in [2.75, 3.05) is 0 Å². The Morgan fingerprint density at radius 2 is 0.846 bits per heavy atom. The zero-order valence-electron chi connectivity index (χ0n) is 21.1. The van der Waals surface area contributed by atoms with Gasteiger partial charge in [-0.05, 0) is 102 Å². The molecule has 0 spiro atoms. The third-order valence-corrected chi connectivity index (χ3v) is 6.75. The number of nitrogens with one attached hydrogen (secondary N) is 2. The fraction of sp³-hybridized carbons (Fsp3) is 0.0303. The molecule has 5 aromatic rings. The molecule has 0 fully saturated rings. The van der Waals surface area contributed by atoms with Gasteiger partial charge in [0.1, 0.15) is 0 Å². The Morgan fingerprint density at radius 3 is 1.31 bits per heavy atom. The fourth-order valence-electron chi connectivity index (χ4n) is 5.02. The van der Waals surface area contributed by atoms with Crippen LogP contribution in [-0.2, 0) is 6.42 Å². The van der Waals surface area contributed by atoms with E-state index in [0.717, 1.165) is 51.3 Å². The maximum Gasteiger partial charge on any atom is 0.0659 e. The third kappa shape index (κ3) is 5.74. The number of aromatic amines is 2. The number of hydrogen-bond acceptors (Lipinski definition) is 2. The molecule has 2 aliphatic heterocycles. The Kier molecular flexibility index (Phi) is 7.81. The van der Waals surface area contributed by atoms with Gasteiger partial charge in [-0.25, -0.2) is 9.97 Å². The molecule has 3 aliphatic rings. The number of aromatic nitrogens is 4. The second kappa shape index (κ2) is 11.4. The Balaban J connectivity index is 0.000000175. The van der Waals surface area contributed by atoms with Gasteiger partial charge in [-0.3, -0.25) is 0 Å². The molecule has 184 valence electrons. The van der Waals surface area contributed by atoms with Crippen molar-refractivity contribution in [3.8, 4) is 11.1 Å². The molecule has 0 unspecified atom stereocenters. The van der Waals surface area contributed by atoms with Gasteiger partial charge >= 0.3 is 0 Å². The monoisotopic (exact) mass is 624 g/mol. The standard InChI is InChI=1S/C20H14N4.C13H10.Si.Sn/c1-2-14-10-16-5-6-18(23-16)12-20-8-7-19(24-20)11-17-4-3-15(22-17)9-13(1)21-14;1-3-7-12-10(5-1)9-11-6-2-4-8-13(11)12;;/h1-12,21-22H;1-8H,9H2;;. The van der Waals surface area contributed by atoms with Crippen molar-refractivity contribution in [3.63, 3.8) is 0 Å². The normalized spacial score (nSPS) is 11.9. The van der Waals surface area contributed by atoms with E-state index >= 15 is 0 Å². The van der Waals surface area contributed by atoms with Crippen molar-refractivity contribution in [2.45, 2.75) is 6.42 Å². The molecule has 1 aliphatic carbocycles. The van der Waals surface area contributed by atoms with Crippen LogP contribution in [0.5, 0.6) is 0 Å². The number of H-pyrrole nitrogens is 2. The Morgan fingerprint density at radius 1 is 0.462 bits per heavy atom. The van der Waals surface area contributed by atoms with Crippen LogP contribution in [0.3, 0.4) is 0 Å². The summed E-state index contributed by atoms with van der Waals surface area (Å²) in [6.45, 7) is 0. The van der Waals surface area contributed by atoms with E-state index in [9.17, 15) is 0 Å². The van der Waals surface area contributed by atoms with E-state index in [0.29, 0.717) is 0 Å². The Bertz CT molecular complexity index is 1750. The molecule has 8 rings (SSSR count). The van der Waals surface area contributed by atoms with Crippen LogP contribution in [0, 0.1) is 0 Å². The molecular weight excluding hydrogens is 599 g/mol. The maximum absolute atomic E-state index is 4.62. The molecule has 0 atom stereocenters. The second-order valence-corrected chi connectivity index (χ2v) is 9.40. The van der Waals surface area contributed by atoms with E-state index in [1.165, 1.54) is 22.3 Å². The van der Waals surface area contributed by atoms with E-state index in [1.54, 1.807) is 0 Å². The van der Waals surface area contributed by atoms with E-state index in [4.69, 9.17) is 0 Å². The van der Waals surface area contributed by atoms with Gasteiger partial charge in [0.2, 0.25) is 0 Å². The zero-order chi connectivity index (χ0) is 24.6. The number of hydrogen-bond donors (Lipinski definition) is 2. The first-order valence-electron chi connectivity index (χ1n) is 12.5. The SMILES string of the molecule is C1=Cc2cc3ccc(cc4ccc(cc5nc(cc1n2)C=C5)[nH]4)[nH]3.[Si].[Sn].c1ccc2c(c1)Cc1ccccc1-2. The summed E-state index contributed by atoms with van der Waals surface area (Å²) in [5.74, 6) is 0. The molecule has 0 amide bonds. The van der Waals surface area contributed by atoms with Gasteiger partial charge in [0.15, 0.2) is 0 Å². The number of benzene rings is 2. The minimum absolute atomic E-state index is 0. The van der Waals surface area contributed by atoms with Crippen LogP contribution < -0.4 is 0 Å².